The van der Waals surface area contributed by atoms with E-state index < -0.39 is 17.2 Å². The lowest BCUT2D eigenvalue weighted by Gasteiger charge is -2.34. The van der Waals surface area contributed by atoms with Gasteiger partial charge in [-0.2, -0.15) is 0 Å². The van der Waals surface area contributed by atoms with Gasteiger partial charge in [-0.3, -0.25) is 4.79 Å². The molecule has 1 saturated carbocycles. The number of rotatable bonds is 3. The first-order chi connectivity index (χ1) is 13.4. The summed E-state index contributed by atoms with van der Waals surface area (Å²) >= 11 is 0. The van der Waals surface area contributed by atoms with Crippen molar-refractivity contribution >= 4 is 22.6 Å². The summed E-state index contributed by atoms with van der Waals surface area (Å²) in [6.07, 6.45) is 1.77. The van der Waals surface area contributed by atoms with Gasteiger partial charge in [-0.25, -0.2) is 9.18 Å². The molecule has 2 heterocycles. The van der Waals surface area contributed by atoms with Crippen LogP contribution in [0.15, 0.2) is 16.9 Å². The van der Waals surface area contributed by atoms with E-state index >= 15 is 0 Å². The molecular formula is C21H22FN3O3. The summed E-state index contributed by atoms with van der Waals surface area (Å²) in [5, 5.41) is 9.72. The van der Waals surface area contributed by atoms with Gasteiger partial charge in [-0.15, -0.1) is 0 Å². The molecule has 4 rings (SSSR count). The predicted molar refractivity (Wildman–Crippen MR) is 106 cm³/mol. The number of aromatic carboxylic acids is 1. The second kappa shape index (κ2) is 6.95. The molecule has 0 spiro atoms. The van der Waals surface area contributed by atoms with Gasteiger partial charge < -0.3 is 19.5 Å². The SMILES string of the molecule is CC#Cc1c(C(=O)O)c(=O)c2cc(F)c(N3CCN(C)CC3)cc2n1C1CC1. The number of aromatic nitrogens is 1. The van der Waals surface area contributed by atoms with Gasteiger partial charge in [0.1, 0.15) is 17.1 Å². The lowest BCUT2D eigenvalue weighted by Crippen LogP contribution is -2.44. The van der Waals surface area contributed by atoms with Crippen LogP contribution in [0.3, 0.4) is 0 Å². The first kappa shape index (κ1) is 18.5. The third kappa shape index (κ3) is 3.04. The molecule has 0 radical (unpaired) electrons. The third-order valence-corrected chi connectivity index (χ3v) is 5.49. The fourth-order valence-corrected chi connectivity index (χ4v) is 3.86. The van der Waals surface area contributed by atoms with Gasteiger partial charge in [0.05, 0.1) is 11.2 Å². The van der Waals surface area contributed by atoms with E-state index in [4.69, 9.17) is 0 Å². The van der Waals surface area contributed by atoms with Crippen molar-refractivity contribution in [1.29, 1.82) is 0 Å². The summed E-state index contributed by atoms with van der Waals surface area (Å²) in [6, 6.07) is 2.98. The minimum atomic E-state index is -1.33. The Balaban J connectivity index is 2.01. The van der Waals surface area contributed by atoms with E-state index in [2.05, 4.69) is 16.7 Å². The minimum absolute atomic E-state index is 0.0860. The van der Waals surface area contributed by atoms with Gasteiger partial charge in [0.15, 0.2) is 0 Å². The van der Waals surface area contributed by atoms with Crippen LogP contribution in [0.25, 0.3) is 10.9 Å². The second-order valence-corrected chi connectivity index (χ2v) is 7.45. The highest BCUT2D eigenvalue weighted by molar-refractivity contribution is 5.96. The van der Waals surface area contributed by atoms with Crippen molar-refractivity contribution in [3.05, 3.63) is 39.4 Å². The topological polar surface area (TPSA) is 65.8 Å². The Morgan fingerprint density at radius 2 is 1.89 bits per heavy atom. The molecule has 1 aromatic heterocycles. The summed E-state index contributed by atoms with van der Waals surface area (Å²) < 4.78 is 16.8. The first-order valence-corrected chi connectivity index (χ1v) is 9.43. The van der Waals surface area contributed by atoms with E-state index in [9.17, 15) is 19.1 Å². The first-order valence-electron chi connectivity index (χ1n) is 9.43. The van der Waals surface area contributed by atoms with Crippen LogP contribution in [-0.4, -0.2) is 53.8 Å². The van der Waals surface area contributed by atoms with Crippen LogP contribution in [0, 0.1) is 17.7 Å². The molecule has 6 nitrogen and oxygen atoms in total. The van der Waals surface area contributed by atoms with E-state index in [0.29, 0.717) is 24.3 Å². The van der Waals surface area contributed by atoms with E-state index in [1.165, 1.54) is 6.07 Å². The molecule has 0 amide bonds. The third-order valence-electron chi connectivity index (χ3n) is 5.49. The van der Waals surface area contributed by atoms with Crippen LogP contribution >= 0.6 is 0 Å². The molecule has 0 bridgehead atoms. The average molecular weight is 383 g/mol. The molecule has 1 aromatic carbocycles. The number of anilines is 1. The van der Waals surface area contributed by atoms with Crippen molar-refractivity contribution in [3.63, 3.8) is 0 Å². The lowest BCUT2D eigenvalue weighted by molar-refractivity contribution is 0.0694. The Morgan fingerprint density at radius 1 is 1.21 bits per heavy atom. The van der Waals surface area contributed by atoms with Crippen molar-refractivity contribution in [2.75, 3.05) is 38.1 Å². The molecule has 2 aliphatic rings. The number of nitrogens with zero attached hydrogens (tertiary/aromatic N) is 3. The predicted octanol–water partition coefficient (Wildman–Crippen LogP) is 2.30. The van der Waals surface area contributed by atoms with Crippen molar-refractivity contribution in [2.45, 2.75) is 25.8 Å². The van der Waals surface area contributed by atoms with Crippen molar-refractivity contribution in [1.82, 2.24) is 9.47 Å². The molecule has 7 heteroatoms. The largest absolute Gasteiger partial charge is 0.477 e. The van der Waals surface area contributed by atoms with Gasteiger partial charge in [-0.05, 0) is 44.9 Å². The Labute approximate surface area is 162 Å². The summed E-state index contributed by atoms with van der Waals surface area (Å²) in [6.45, 7) is 4.66. The number of piperazine rings is 1. The van der Waals surface area contributed by atoms with E-state index in [-0.39, 0.29) is 22.7 Å². The number of likely N-dealkylation sites (N-methyl/N-ethyl adjacent to an activating group) is 1. The summed E-state index contributed by atoms with van der Waals surface area (Å²) in [5.74, 6) is 3.71. The number of fused-ring (bicyclic) bond motifs is 1. The number of pyridine rings is 1. The maximum absolute atomic E-state index is 14.9. The number of carboxylic acids is 1. The molecule has 1 aliphatic carbocycles. The number of hydrogen-bond acceptors (Lipinski definition) is 4. The van der Waals surface area contributed by atoms with Gasteiger partial charge in [0, 0.05) is 37.6 Å². The molecule has 1 aliphatic heterocycles. The van der Waals surface area contributed by atoms with Crippen molar-refractivity contribution in [2.24, 2.45) is 0 Å². The summed E-state index contributed by atoms with van der Waals surface area (Å²) in [7, 11) is 2.03. The fraction of sp³-hybridized carbons (Fsp3) is 0.429. The van der Waals surface area contributed by atoms with Crippen molar-refractivity contribution in [3.8, 4) is 11.8 Å². The smallest absolute Gasteiger partial charge is 0.342 e. The van der Waals surface area contributed by atoms with Crippen molar-refractivity contribution < 1.29 is 14.3 Å². The maximum atomic E-state index is 14.9. The second-order valence-electron chi connectivity index (χ2n) is 7.45. The molecule has 146 valence electrons. The number of carboxylic acid groups (broad SMARTS) is 1. The standard InChI is InChI=1S/C21H22FN3O3/c1-3-4-16-19(21(27)28)20(26)14-11-15(22)18(24-9-7-23(2)8-10-24)12-17(14)25(16)13-5-6-13/h11-13H,5-10H2,1-2H3,(H,27,28). The van der Waals surface area contributed by atoms with Crippen LogP contribution in [-0.2, 0) is 0 Å². The number of carbonyl (C=O) groups is 1. The molecule has 2 fully saturated rings. The van der Waals surface area contributed by atoms with E-state index in [0.717, 1.165) is 25.9 Å². The van der Waals surface area contributed by atoms with Gasteiger partial charge in [-0.1, -0.05) is 5.92 Å². The molecule has 1 N–H and O–H groups in total. The number of halogens is 1. The normalized spacial score (nSPS) is 17.5. The molecule has 0 unspecified atom stereocenters. The van der Waals surface area contributed by atoms with Crippen LogP contribution < -0.4 is 10.3 Å². The molecular weight excluding hydrogens is 361 g/mol. The monoisotopic (exact) mass is 383 g/mol. The number of benzene rings is 1. The van der Waals surface area contributed by atoms with Crippen LogP contribution in [0.5, 0.6) is 0 Å². The summed E-state index contributed by atoms with van der Waals surface area (Å²) in [5.41, 5.74) is 0.172. The lowest BCUT2D eigenvalue weighted by atomic mass is 10.0. The molecule has 0 atom stereocenters. The highest BCUT2D eigenvalue weighted by Crippen LogP contribution is 2.39. The quantitative estimate of drug-likeness (QED) is 0.824. The van der Waals surface area contributed by atoms with Gasteiger partial charge in [0.2, 0.25) is 5.43 Å². The molecule has 1 saturated heterocycles. The average Bonchev–Trinajstić information content (AvgIpc) is 3.48. The zero-order valence-corrected chi connectivity index (χ0v) is 16.0. The fourth-order valence-electron chi connectivity index (χ4n) is 3.86. The Morgan fingerprint density at radius 3 is 2.46 bits per heavy atom. The van der Waals surface area contributed by atoms with Gasteiger partial charge in [0.25, 0.3) is 0 Å². The Bertz CT molecular complexity index is 1080. The zero-order valence-electron chi connectivity index (χ0n) is 16.0. The van der Waals surface area contributed by atoms with Crippen LogP contribution in [0.4, 0.5) is 10.1 Å². The Hall–Kier alpha value is -2.85. The Kier molecular flexibility index (Phi) is 4.60. The highest BCUT2D eigenvalue weighted by atomic mass is 19.1. The summed E-state index contributed by atoms with van der Waals surface area (Å²) in [4.78, 5) is 28.9. The van der Waals surface area contributed by atoms with Gasteiger partial charge >= 0.3 is 5.97 Å². The minimum Gasteiger partial charge on any atom is -0.477 e. The highest BCUT2D eigenvalue weighted by Gasteiger charge is 2.31. The van der Waals surface area contributed by atoms with E-state index in [1.54, 1.807) is 13.0 Å². The number of hydrogen-bond donors (Lipinski definition) is 1. The molecule has 2 aromatic rings. The van der Waals surface area contributed by atoms with E-state index in [1.807, 2.05) is 16.5 Å². The molecule has 28 heavy (non-hydrogen) atoms. The zero-order chi connectivity index (χ0) is 20.0. The van der Waals surface area contributed by atoms with Crippen LogP contribution in [0.2, 0.25) is 0 Å². The maximum Gasteiger partial charge on any atom is 0.342 e. The van der Waals surface area contributed by atoms with Crippen LogP contribution in [0.1, 0.15) is 41.9 Å².